The Kier molecular flexibility index (Phi) is 3.20. The third-order valence-corrected chi connectivity index (χ3v) is 3.62. The lowest BCUT2D eigenvalue weighted by Gasteiger charge is -2.05. The minimum absolute atomic E-state index is 0.240. The van der Waals surface area contributed by atoms with Crippen LogP contribution in [0.5, 0.6) is 0 Å². The zero-order valence-electron chi connectivity index (χ0n) is 9.73. The average Bonchev–Trinajstić information content (AvgIpc) is 2.68. The van der Waals surface area contributed by atoms with E-state index in [0.29, 0.717) is 16.9 Å². The maximum atomic E-state index is 13.7. The second-order valence-electron chi connectivity index (χ2n) is 4.13. The summed E-state index contributed by atoms with van der Waals surface area (Å²) in [5.74, 6) is -0.240. The minimum atomic E-state index is -0.240. The average molecular weight is 338 g/mol. The number of aromatic amines is 1. The molecule has 96 valence electrons. The molecule has 0 aliphatic carbocycles. The van der Waals surface area contributed by atoms with Crippen molar-refractivity contribution in [3.8, 4) is 0 Å². The van der Waals surface area contributed by atoms with Crippen molar-refractivity contribution in [2.45, 2.75) is 6.54 Å². The quantitative estimate of drug-likeness (QED) is 0.716. The molecule has 0 saturated carbocycles. The van der Waals surface area contributed by atoms with Gasteiger partial charge in [-0.1, -0.05) is 18.2 Å². The molecule has 3 nitrogen and oxygen atoms in total. The first-order valence-corrected chi connectivity index (χ1v) is 6.83. The lowest BCUT2D eigenvalue weighted by atomic mass is 10.2. The summed E-state index contributed by atoms with van der Waals surface area (Å²) in [6.45, 7) is 0.361. The number of pyridine rings is 1. The van der Waals surface area contributed by atoms with E-state index >= 15 is 0 Å². The summed E-state index contributed by atoms with van der Waals surface area (Å²) >= 11 is 8.63. The molecule has 3 rings (SSSR count). The van der Waals surface area contributed by atoms with E-state index in [0.717, 1.165) is 15.6 Å². The zero-order valence-corrected chi connectivity index (χ0v) is 12.1. The molecule has 1 N–H and O–H groups in total. The van der Waals surface area contributed by atoms with Gasteiger partial charge in [0.05, 0.1) is 12.1 Å². The van der Waals surface area contributed by atoms with Gasteiger partial charge in [-0.3, -0.25) is 4.57 Å². The summed E-state index contributed by atoms with van der Waals surface area (Å²) < 4.78 is 16.9. The van der Waals surface area contributed by atoms with Crippen molar-refractivity contribution < 1.29 is 4.39 Å². The molecule has 2 heterocycles. The van der Waals surface area contributed by atoms with Gasteiger partial charge in [0.15, 0.2) is 10.4 Å². The fourth-order valence-electron chi connectivity index (χ4n) is 1.96. The topological polar surface area (TPSA) is 33.6 Å². The number of aromatic nitrogens is 3. The number of fused-ring (bicyclic) bond motifs is 1. The number of imidazole rings is 1. The first-order valence-electron chi connectivity index (χ1n) is 5.62. The van der Waals surface area contributed by atoms with Gasteiger partial charge in [-0.05, 0) is 40.3 Å². The molecule has 6 heteroatoms. The highest BCUT2D eigenvalue weighted by Gasteiger charge is 2.09. The molecular formula is C13H9BrFN3S. The van der Waals surface area contributed by atoms with Crippen molar-refractivity contribution in [2.24, 2.45) is 0 Å². The number of benzene rings is 1. The van der Waals surface area contributed by atoms with E-state index in [9.17, 15) is 4.39 Å². The van der Waals surface area contributed by atoms with Gasteiger partial charge < -0.3 is 4.98 Å². The summed E-state index contributed by atoms with van der Waals surface area (Å²) in [4.78, 5) is 7.39. The molecule has 0 fully saturated rings. The molecule has 1 aromatic carbocycles. The normalized spacial score (nSPS) is 11.1. The zero-order chi connectivity index (χ0) is 13.4. The second kappa shape index (κ2) is 4.86. The highest BCUT2D eigenvalue weighted by atomic mass is 79.9. The van der Waals surface area contributed by atoms with E-state index in [4.69, 9.17) is 12.2 Å². The van der Waals surface area contributed by atoms with Crippen LogP contribution in [0.1, 0.15) is 5.56 Å². The number of hydrogen-bond donors (Lipinski definition) is 1. The summed E-state index contributed by atoms with van der Waals surface area (Å²) in [7, 11) is 0. The Morgan fingerprint density at radius 1 is 1.37 bits per heavy atom. The van der Waals surface area contributed by atoms with E-state index in [1.165, 1.54) is 6.07 Å². The Morgan fingerprint density at radius 3 is 2.95 bits per heavy atom. The first-order chi connectivity index (χ1) is 9.15. The minimum Gasteiger partial charge on any atom is -0.329 e. The number of rotatable bonds is 2. The van der Waals surface area contributed by atoms with Crippen LogP contribution in [-0.4, -0.2) is 14.5 Å². The van der Waals surface area contributed by atoms with Crippen LogP contribution in [0.2, 0.25) is 0 Å². The molecule has 0 unspecified atom stereocenters. The molecule has 0 amide bonds. The van der Waals surface area contributed by atoms with Crippen LogP contribution in [-0.2, 0) is 6.54 Å². The van der Waals surface area contributed by atoms with Crippen LogP contribution < -0.4 is 0 Å². The monoisotopic (exact) mass is 337 g/mol. The number of halogens is 2. The summed E-state index contributed by atoms with van der Waals surface area (Å²) in [6, 6.07) is 8.56. The fraction of sp³-hybridized carbons (Fsp3) is 0.0769. The Labute approximate surface area is 122 Å². The van der Waals surface area contributed by atoms with Crippen LogP contribution in [0, 0.1) is 10.6 Å². The Bertz CT molecular complexity index is 809. The summed E-state index contributed by atoms with van der Waals surface area (Å²) in [5.41, 5.74) is 2.14. The Balaban J connectivity index is 2.13. The number of H-pyrrole nitrogens is 1. The largest absolute Gasteiger partial charge is 0.329 e. The predicted octanol–water partition coefficient (Wildman–Crippen LogP) is 4.04. The van der Waals surface area contributed by atoms with E-state index in [2.05, 4.69) is 25.9 Å². The Morgan fingerprint density at radius 2 is 2.16 bits per heavy atom. The van der Waals surface area contributed by atoms with Crippen LogP contribution in [0.15, 0.2) is 41.0 Å². The van der Waals surface area contributed by atoms with Gasteiger partial charge in [-0.15, -0.1) is 0 Å². The van der Waals surface area contributed by atoms with Crippen LogP contribution in [0.25, 0.3) is 11.2 Å². The van der Waals surface area contributed by atoms with Gasteiger partial charge in [0.1, 0.15) is 5.82 Å². The van der Waals surface area contributed by atoms with Crippen molar-refractivity contribution in [2.75, 3.05) is 0 Å². The maximum Gasteiger partial charge on any atom is 0.179 e. The van der Waals surface area contributed by atoms with Crippen molar-refractivity contribution in [1.29, 1.82) is 0 Å². The molecule has 0 bridgehead atoms. The fourth-order valence-corrected chi connectivity index (χ4v) is 2.55. The molecule has 0 aliphatic heterocycles. The highest BCUT2D eigenvalue weighted by molar-refractivity contribution is 9.10. The van der Waals surface area contributed by atoms with Crippen molar-refractivity contribution in [3.63, 3.8) is 0 Å². The predicted molar refractivity (Wildman–Crippen MR) is 78.1 cm³/mol. The van der Waals surface area contributed by atoms with Crippen LogP contribution >= 0.6 is 28.1 Å². The first kappa shape index (κ1) is 12.5. The van der Waals surface area contributed by atoms with Gasteiger partial charge in [0, 0.05) is 16.2 Å². The standard InChI is InChI=1S/C13H9BrFN3S/c14-9-5-11-12(16-6-9)18(13(19)17-11)7-8-3-1-2-4-10(8)15/h1-6H,7H2,(H,17,19). The number of hydrogen-bond acceptors (Lipinski definition) is 2. The van der Waals surface area contributed by atoms with E-state index in [-0.39, 0.29) is 5.82 Å². The molecule has 0 atom stereocenters. The number of nitrogens with zero attached hydrogens (tertiary/aromatic N) is 2. The molecular weight excluding hydrogens is 329 g/mol. The van der Waals surface area contributed by atoms with E-state index in [1.54, 1.807) is 29.0 Å². The van der Waals surface area contributed by atoms with E-state index in [1.807, 2.05) is 6.07 Å². The lowest BCUT2D eigenvalue weighted by Crippen LogP contribution is -2.02. The van der Waals surface area contributed by atoms with Gasteiger partial charge in [-0.2, -0.15) is 0 Å². The lowest BCUT2D eigenvalue weighted by molar-refractivity contribution is 0.600. The maximum absolute atomic E-state index is 13.7. The van der Waals surface area contributed by atoms with Gasteiger partial charge in [0.25, 0.3) is 0 Å². The third-order valence-electron chi connectivity index (χ3n) is 2.86. The second-order valence-corrected chi connectivity index (χ2v) is 5.43. The van der Waals surface area contributed by atoms with Gasteiger partial charge >= 0.3 is 0 Å². The van der Waals surface area contributed by atoms with Crippen molar-refractivity contribution in [3.05, 3.63) is 57.2 Å². The molecule has 2 aromatic heterocycles. The smallest absolute Gasteiger partial charge is 0.179 e. The number of nitrogens with one attached hydrogen (secondary N) is 1. The molecule has 3 aromatic rings. The summed E-state index contributed by atoms with van der Waals surface area (Å²) in [5, 5.41) is 0. The molecule has 0 saturated heterocycles. The molecule has 0 spiro atoms. The van der Waals surface area contributed by atoms with Crippen molar-refractivity contribution >= 4 is 39.3 Å². The molecule has 0 aliphatic rings. The SMILES string of the molecule is Fc1ccccc1Cn1c(=S)[nH]c2cc(Br)cnc21. The van der Waals surface area contributed by atoms with Crippen molar-refractivity contribution in [1.82, 2.24) is 14.5 Å². The molecule has 0 radical (unpaired) electrons. The highest BCUT2D eigenvalue weighted by Crippen LogP contribution is 2.18. The van der Waals surface area contributed by atoms with Crippen LogP contribution in [0.3, 0.4) is 0 Å². The van der Waals surface area contributed by atoms with E-state index < -0.39 is 0 Å². The van der Waals surface area contributed by atoms with Gasteiger partial charge in [0.2, 0.25) is 0 Å². The molecule has 19 heavy (non-hydrogen) atoms. The summed E-state index contributed by atoms with van der Waals surface area (Å²) in [6.07, 6.45) is 1.70. The van der Waals surface area contributed by atoms with Gasteiger partial charge in [-0.25, -0.2) is 9.37 Å². The Hall–Kier alpha value is -1.53. The van der Waals surface area contributed by atoms with Crippen LogP contribution in [0.4, 0.5) is 4.39 Å². The third kappa shape index (κ3) is 2.33.